The Morgan fingerprint density at radius 3 is 2.10 bits per heavy atom. The van der Waals surface area contributed by atoms with Gasteiger partial charge < -0.3 is 19.7 Å². The Balaban J connectivity index is 1.91. The molecule has 0 saturated heterocycles. The first kappa shape index (κ1) is 31.5. The van der Waals surface area contributed by atoms with Gasteiger partial charge in [-0.2, -0.15) is 0 Å². The van der Waals surface area contributed by atoms with Crippen LogP contribution in [0.3, 0.4) is 0 Å². The fourth-order valence-electron chi connectivity index (χ4n) is 4.25. The number of sulfonamides is 1. The first-order valence-electron chi connectivity index (χ1n) is 13.6. The van der Waals surface area contributed by atoms with Crippen molar-refractivity contribution in [1.29, 1.82) is 0 Å². The molecule has 0 bridgehead atoms. The van der Waals surface area contributed by atoms with E-state index in [1.807, 2.05) is 57.2 Å². The minimum absolute atomic E-state index is 0.0746. The summed E-state index contributed by atoms with van der Waals surface area (Å²) in [5.41, 5.74) is 1.06. The molecule has 0 aliphatic rings. The molecule has 0 radical (unpaired) electrons. The molecule has 1 N–H and O–H groups in total. The molecule has 3 aromatic rings. The lowest BCUT2D eigenvalue weighted by Crippen LogP contribution is -2.53. The van der Waals surface area contributed by atoms with Gasteiger partial charge >= 0.3 is 0 Å². The Labute approximate surface area is 243 Å². The van der Waals surface area contributed by atoms with Gasteiger partial charge in [-0.15, -0.1) is 0 Å². The molecule has 220 valence electrons. The van der Waals surface area contributed by atoms with Crippen LogP contribution < -0.4 is 19.1 Å². The third kappa shape index (κ3) is 8.97. The number of benzene rings is 3. The van der Waals surface area contributed by atoms with Crippen LogP contribution in [0.5, 0.6) is 17.2 Å². The quantitative estimate of drug-likeness (QED) is 0.288. The Kier molecular flexibility index (Phi) is 11.2. The molecular weight excluding hydrogens is 542 g/mol. The van der Waals surface area contributed by atoms with Crippen molar-refractivity contribution in [2.75, 3.05) is 24.2 Å². The predicted molar refractivity (Wildman–Crippen MR) is 161 cm³/mol. The molecule has 2 atom stereocenters. The van der Waals surface area contributed by atoms with Crippen molar-refractivity contribution >= 4 is 27.5 Å². The van der Waals surface area contributed by atoms with Crippen LogP contribution in [0.15, 0.2) is 78.9 Å². The highest BCUT2D eigenvalue weighted by Gasteiger charge is 2.32. The van der Waals surface area contributed by atoms with Gasteiger partial charge in [0.15, 0.2) is 0 Å². The first-order valence-corrected chi connectivity index (χ1v) is 15.4. The molecule has 0 heterocycles. The second-order valence-corrected chi connectivity index (χ2v) is 11.7. The summed E-state index contributed by atoms with van der Waals surface area (Å²) in [4.78, 5) is 28.6. The summed E-state index contributed by atoms with van der Waals surface area (Å²) < 4.78 is 38.0. The third-order valence-corrected chi connectivity index (χ3v) is 7.80. The van der Waals surface area contributed by atoms with E-state index in [1.165, 1.54) is 4.90 Å². The molecule has 2 amide bonds. The number of hydrogen-bond acceptors (Lipinski definition) is 6. The number of rotatable bonds is 14. The third-order valence-electron chi connectivity index (χ3n) is 6.66. The van der Waals surface area contributed by atoms with Crippen molar-refractivity contribution in [3.8, 4) is 17.2 Å². The standard InChI is InChI=1S/C31H39N3O6S/c1-6-23(3)32-31(36)29(7-2)33(21-24-12-11-15-28(20-24)39-4)30(35)22-34(41(5,37)38)25-16-18-27(19-17-25)40-26-13-9-8-10-14-26/h8-20,23,29H,6-7,21-22H2,1-5H3,(H,32,36)/t23-,29-/m0/s1. The average molecular weight is 582 g/mol. The molecule has 0 aliphatic heterocycles. The van der Waals surface area contributed by atoms with E-state index < -0.39 is 28.5 Å². The van der Waals surface area contributed by atoms with Crippen molar-refractivity contribution in [3.63, 3.8) is 0 Å². The number of ether oxygens (including phenoxy) is 2. The number of nitrogens with zero attached hydrogens (tertiary/aromatic N) is 2. The Morgan fingerprint density at radius 2 is 1.51 bits per heavy atom. The van der Waals surface area contributed by atoms with Gasteiger partial charge in [0.1, 0.15) is 29.8 Å². The van der Waals surface area contributed by atoms with Gasteiger partial charge in [0.25, 0.3) is 0 Å². The summed E-state index contributed by atoms with van der Waals surface area (Å²) in [6.45, 7) is 5.31. The topological polar surface area (TPSA) is 105 Å². The van der Waals surface area contributed by atoms with E-state index in [4.69, 9.17) is 9.47 Å². The van der Waals surface area contributed by atoms with Crippen molar-refractivity contribution < 1.29 is 27.5 Å². The Bertz CT molecular complexity index is 1400. The van der Waals surface area contributed by atoms with Crippen LogP contribution in [0.4, 0.5) is 5.69 Å². The number of carbonyl (C=O) groups excluding carboxylic acids is 2. The fourth-order valence-corrected chi connectivity index (χ4v) is 5.10. The number of anilines is 1. The van der Waals surface area contributed by atoms with Crippen LogP contribution >= 0.6 is 0 Å². The van der Waals surface area contributed by atoms with Crippen LogP contribution in [-0.4, -0.2) is 57.1 Å². The van der Waals surface area contributed by atoms with E-state index in [1.54, 1.807) is 49.6 Å². The molecule has 41 heavy (non-hydrogen) atoms. The lowest BCUT2D eigenvalue weighted by molar-refractivity contribution is -0.140. The van der Waals surface area contributed by atoms with Gasteiger partial charge in [-0.25, -0.2) is 8.42 Å². The van der Waals surface area contributed by atoms with E-state index in [0.29, 0.717) is 29.4 Å². The van der Waals surface area contributed by atoms with E-state index in [-0.39, 0.29) is 18.5 Å². The highest BCUT2D eigenvalue weighted by atomic mass is 32.2. The summed E-state index contributed by atoms with van der Waals surface area (Å²) in [7, 11) is -2.30. The number of amides is 2. The summed E-state index contributed by atoms with van der Waals surface area (Å²) >= 11 is 0. The Morgan fingerprint density at radius 1 is 0.878 bits per heavy atom. The van der Waals surface area contributed by atoms with E-state index in [2.05, 4.69) is 5.32 Å². The molecule has 9 nitrogen and oxygen atoms in total. The summed E-state index contributed by atoms with van der Waals surface area (Å²) in [6, 6.07) is 22.0. The lowest BCUT2D eigenvalue weighted by atomic mass is 10.1. The van der Waals surface area contributed by atoms with Crippen LogP contribution in [0.1, 0.15) is 39.2 Å². The van der Waals surface area contributed by atoms with Crippen molar-refractivity contribution in [1.82, 2.24) is 10.2 Å². The molecule has 3 aromatic carbocycles. The second kappa shape index (κ2) is 14.5. The maximum Gasteiger partial charge on any atom is 0.244 e. The van der Waals surface area contributed by atoms with Gasteiger partial charge in [0.05, 0.1) is 19.1 Å². The number of carbonyl (C=O) groups is 2. The molecule has 0 saturated carbocycles. The smallest absolute Gasteiger partial charge is 0.244 e. The second-order valence-electron chi connectivity index (χ2n) is 9.79. The molecule has 0 unspecified atom stereocenters. The summed E-state index contributed by atoms with van der Waals surface area (Å²) in [6.07, 6.45) is 2.13. The summed E-state index contributed by atoms with van der Waals surface area (Å²) in [5.74, 6) is 0.986. The zero-order valence-corrected chi connectivity index (χ0v) is 25.1. The molecule has 0 spiro atoms. The highest BCUT2D eigenvalue weighted by molar-refractivity contribution is 7.92. The minimum atomic E-state index is -3.85. The first-order chi connectivity index (χ1) is 19.5. The van der Waals surface area contributed by atoms with Crippen LogP contribution in [0.2, 0.25) is 0 Å². The zero-order chi connectivity index (χ0) is 30.0. The predicted octanol–water partition coefficient (Wildman–Crippen LogP) is 4.98. The normalized spacial score (nSPS) is 12.6. The highest BCUT2D eigenvalue weighted by Crippen LogP contribution is 2.26. The molecule has 0 fully saturated rings. The minimum Gasteiger partial charge on any atom is -0.497 e. The molecule has 10 heteroatoms. The number of methoxy groups -OCH3 is 1. The van der Waals surface area contributed by atoms with E-state index in [0.717, 1.165) is 22.5 Å². The monoisotopic (exact) mass is 581 g/mol. The van der Waals surface area contributed by atoms with Gasteiger partial charge in [-0.1, -0.05) is 44.2 Å². The van der Waals surface area contributed by atoms with Crippen molar-refractivity contribution in [3.05, 3.63) is 84.4 Å². The van der Waals surface area contributed by atoms with Gasteiger partial charge in [-0.3, -0.25) is 13.9 Å². The fraction of sp³-hybridized carbons (Fsp3) is 0.355. The number of nitrogens with one attached hydrogen (secondary N) is 1. The van der Waals surface area contributed by atoms with Gasteiger partial charge in [-0.05, 0) is 73.9 Å². The number of hydrogen-bond donors (Lipinski definition) is 1. The van der Waals surface area contributed by atoms with Crippen LogP contribution in [0.25, 0.3) is 0 Å². The Hall–Kier alpha value is -4.05. The lowest BCUT2D eigenvalue weighted by Gasteiger charge is -2.33. The molecule has 3 rings (SSSR count). The average Bonchev–Trinajstić information content (AvgIpc) is 2.96. The van der Waals surface area contributed by atoms with Crippen molar-refractivity contribution in [2.24, 2.45) is 0 Å². The largest absolute Gasteiger partial charge is 0.497 e. The number of para-hydroxylation sites is 1. The van der Waals surface area contributed by atoms with E-state index in [9.17, 15) is 18.0 Å². The summed E-state index contributed by atoms with van der Waals surface area (Å²) in [5, 5.41) is 2.96. The SMILES string of the molecule is CC[C@H](C)NC(=O)[C@H](CC)N(Cc1cccc(OC)c1)C(=O)CN(c1ccc(Oc2ccccc2)cc1)S(C)(=O)=O. The van der Waals surface area contributed by atoms with Gasteiger partial charge in [0.2, 0.25) is 21.8 Å². The molecular formula is C31H39N3O6S. The molecule has 0 aromatic heterocycles. The van der Waals surface area contributed by atoms with Crippen LogP contribution in [-0.2, 0) is 26.2 Å². The van der Waals surface area contributed by atoms with Crippen LogP contribution in [0, 0.1) is 0 Å². The van der Waals surface area contributed by atoms with Gasteiger partial charge in [0, 0.05) is 12.6 Å². The maximum absolute atomic E-state index is 13.9. The van der Waals surface area contributed by atoms with Crippen molar-refractivity contribution in [2.45, 2.75) is 52.2 Å². The molecule has 0 aliphatic carbocycles. The van der Waals surface area contributed by atoms with E-state index >= 15 is 0 Å². The zero-order valence-electron chi connectivity index (χ0n) is 24.2. The maximum atomic E-state index is 13.9.